The Morgan fingerprint density at radius 3 is 2.80 bits per heavy atom. The van der Waals surface area contributed by atoms with Gasteiger partial charge in [0.2, 0.25) is 5.91 Å². The Hall–Kier alpha value is -1.80. The van der Waals surface area contributed by atoms with E-state index in [1.807, 2.05) is 11.6 Å². The van der Waals surface area contributed by atoms with Gasteiger partial charge >= 0.3 is 0 Å². The fourth-order valence-corrected chi connectivity index (χ4v) is 4.61. The van der Waals surface area contributed by atoms with Gasteiger partial charge in [0.15, 0.2) is 0 Å². The lowest BCUT2D eigenvalue weighted by Crippen LogP contribution is -2.60. The number of hydrogen-bond donors (Lipinski definition) is 0. The Morgan fingerprint density at radius 1 is 1.40 bits per heavy atom. The topological polar surface area (TPSA) is 41.4 Å². The van der Waals surface area contributed by atoms with Crippen molar-refractivity contribution >= 4 is 17.2 Å². The lowest BCUT2D eigenvalue weighted by molar-refractivity contribution is -0.168. The number of aromatic nitrogens is 2. The number of hydrogen-bond acceptors (Lipinski definition) is 4. The number of carbonyl (C=O) groups excluding carboxylic acids is 1. The summed E-state index contributed by atoms with van der Waals surface area (Å²) in [4.78, 5) is 23.2. The summed E-state index contributed by atoms with van der Waals surface area (Å²) in [6.45, 7) is 3.07. The number of halogens is 2. The van der Waals surface area contributed by atoms with Crippen LogP contribution >= 0.6 is 11.3 Å². The van der Waals surface area contributed by atoms with Crippen molar-refractivity contribution in [2.45, 2.75) is 31.9 Å². The van der Waals surface area contributed by atoms with Gasteiger partial charge in [0.25, 0.3) is 5.92 Å². The molecule has 0 spiro atoms. The molecule has 1 atom stereocenters. The molecule has 1 saturated heterocycles. The zero-order chi connectivity index (χ0) is 17.8. The van der Waals surface area contributed by atoms with Crippen LogP contribution in [0.25, 0.3) is 0 Å². The highest BCUT2D eigenvalue weighted by Gasteiger charge is 2.49. The number of fused-ring (bicyclic) bond motifs is 1. The van der Waals surface area contributed by atoms with Crippen molar-refractivity contribution in [1.82, 2.24) is 19.4 Å². The van der Waals surface area contributed by atoms with E-state index in [4.69, 9.17) is 0 Å². The summed E-state index contributed by atoms with van der Waals surface area (Å²) in [7, 11) is 1.86. The highest BCUT2D eigenvalue weighted by Crippen LogP contribution is 2.34. The van der Waals surface area contributed by atoms with Crippen LogP contribution in [0.2, 0.25) is 0 Å². The lowest BCUT2D eigenvalue weighted by atomic mass is 9.94. The van der Waals surface area contributed by atoms with Gasteiger partial charge in [-0.1, -0.05) is 0 Å². The van der Waals surface area contributed by atoms with Crippen molar-refractivity contribution < 1.29 is 13.6 Å². The number of thiophene rings is 1. The zero-order valence-electron chi connectivity index (χ0n) is 14.2. The number of imidazole rings is 1. The van der Waals surface area contributed by atoms with Gasteiger partial charge in [-0.15, -0.1) is 11.3 Å². The summed E-state index contributed by atoms with van der Waals surface area (Å²) in [5.41, 5.74) is 1.73. The summed E-state index contributed by atoms with van der Waals surface area (Å²) < 4.78 is 28.2. The first kappa shape index (κ1) is 16.7. The number of likely N-dealkylation sites (tertiary alicyclic amines) is 1. The number of aryl methyl sites for hydroxylation is 2. The number of carbonyl (C=O) groups is 1. The van der Waals surface area contributed by atoms with Gasteiger partial charge in [0.05, 0.1) is 36.7 Å². The standard InChI is InChI=1S/C17H20F2N4OS/c1-11-3-4-12(25-11)5-22-6-13(15-14(7-22)20-10-21(15)2)16(24)23-8-17(18,19)9-23/h3-4,10,13H,5-9H2,1-2H3. The van der Waals surface area contributed by atoms with Crippen LogP contribution in [-0.2, 0) is 24.9 Å². The number of amides is 1. The predicted octanol–water partition coefficient (Wildman–Crippen LogP) is 2.37. The third kappa shape index (κ3) is 3.08. The smallest absolute Gasteiger partial charge is 0.282 e. The molecular weight excluding hydrogens is 346 g/mol. The van der Waals surface area contributed by atoms with E-state index in [0.29, 0.717) is 13.1 Å². The van der Waals surface area contributed by atoms with Crippen LogP contribution in [0.15, 0.2) is 18.5 Å². The Balaban J connectivity index is 1.56. The van der Waals surface area contributed by atoms with Crippen LogP contribution in [0.1, 0.15) is 27.1 Å². The summed E-state index contributed by atoms with van der Waals surface area (Å²) in [6.07, 6.45) is 1.70. The van der Waals surface area contributed by atoms with E-state index in [0.717, 1.165) is 17.9 Å². The fraction of sp³-hybridized carbons (Fsp3) is 0.529. The van der Waals surface area contributed by atoms with E-state index < -0.39 is 24.9 Å². The van der Waals surface area contributed by atoms with Crippen molar-refractivity contribution in [3.8, 4) is 0 Å². The van der Waals surface area contributed by atoms with Gasteiger partial charge < -0.3 is 9.47 Å². The van der Waals surface area contributed by atoms with Gasteiger partial charge in [-0.3, -0.25) is 9.69 Å². The van der Waals surface area contributed by atoms with E-state index in [9.17, 15) is 13.6 Å². The Morgan fingerprint density at radius 2 is 2.16 bits per heavy atom. The highest BCUT2D eigenvalue weighted by atomic mass is 32.1. The molecule has 1 fully saturated rings. The molecule has 4 rings (SSSR count). The summed E-state index contributed by atoms with van der Waals surface area (Å²) >= 11 is 1.74. The van der Waals surface area contributed by atoms with Crippen LogP contribution in [0.4, 0.5) is 8.78 Å². The second-order valence-electron chi connectivity index (χ2n) is 6.97. The summed E-state index contributed by atoms with van der Waals surface area (Å²) in [6, 6.07) is 4.18. The van der Waals surface area contributed by atoms with Crippen molar-refractivity contribution in [3.63, 3.8) is 0 Å². The molecule has 1 unspecified atom stereocenters. The lowest BCUT2D eigenvalue weighted by Gasteiger charge is -2.42. The minimum absolute atomic E-state index is 0.220. The maximum Gasteiger partial charge on any atom is 0.282 e. The molecule has 8 heteroatoms. The molecule has 0 saturated carbocycles. The molecule has 2 aliphatic heterocycles. The van der Waals surface area contributed by atoms with Crippen molar-refractivity contribution in [3.05, 3.63) is 39.6 Å². The molecule has 2 aromatic heterocycles. The summed E-state index contributed by atoms with van der Waals surface area (Å²) in [5, 5.41) is 0. The zero-order valence-corrected chi connectivity index (χ0v) is 15.0. The van der Waals surface area contributed by atoms with Crippen molar-refractivity contribution in [2.24, 2.45) is 7.05 Å². The van der Waals surface area contributed by atoms with Crippen LogP contribution in [0.3, 0.4) is 0 Å². The Labute approximate surface area is 148 Å². The summed E-state index contributed by atoms with van der Waals surface area (Å²) in [5.74, 6) is -3.40. The largest absolute Gasteiger partial charge is 0.337 e. The van der Waals surface area contributed by atoms with Crippen molar-refractivity contribution in [1.29, 1.82) is 0 Å². The van der Waals surface area contributed by atoms with Crippen LogP contribution in [-0.4, -0.2) is 50.8 Å². The molecule has 134 valence electrons. The molecule has 1 amide bonds. The fourth-order valence-electron chi connectivity index (χ4n) is 3.67. The SMILES string of the molecule is Cc1ccc(CN2Cc3ncn(C)c3C(C(=O)N3CC(F)(F)C3)C2)s1. The van der Waals surface area contributed by atoms with Gasteiger partial charge in [-0.2, -0.15) is 0 Å². The average molecular weight is 366 g/mol. The minimum atomic E-state index is -2.74. The molecule has 0 aromatic carbocycles. The van der Waals surface area contributed by atoms with E-state index in [1.54, 1.807) is 17.7 Å². The van der Waals surface area contributed by atoms with Crippen LogP contribution in [0.5, 0.6) is 0 Å². The molecule has 2 aromatic rings. The normalized spacial score (nSPS) is 22.6. The van der Waals surface area contributed by atoms with E-state index in [2.05, 4.69) is 28.9 Å². The first-order valence-electron chi connectivity index (χ1n) is 8.27. The second kappa shape index (κ2) is 5.88. The molecule has 0 bridgehead atoms. The molecular formula is C17H20F2N4OS. The maximum absolute atomic E-state index is 13.2. The molecule has 5 nitrogen and oxygen atoms in total. The minimum Gasteiger partial charge on any atom is -0.337 e. The predicted molar refractivity (Wildman–Crippen MR) is 90.6 cm³/mol. The molecule has 0 radical (unpaired) electrons. The van der Waals surface area contributed by atoms with Gasteiger partial charge in [0, 0.05) is 36.4 Å². The Kier molecular flexibility index (Phi) is 3.92. The van der Waals surface area contributed by atoms with Gasteiger partial charge in [-0.25, -0.2) is 13.8 Å². The number of alkyl halides is 2. The molecule has 0 aliphatic carbocycles. The van der Waals surface area contributed by atoms with E-state index in [1.165, 1.54) is 14.7 Å². The Bertz CT molecular complexity index is 807. The van der Waals surface area contributed by atoms with Gasteiger partial charge in [0.1, 0.15) is 0 Å². The maximum atomic E-state index is 13.2. The number of nitrogens with zero attached hydrogens (tertiary/aromatic N) is 4. The molecule has 4 heterocycles. The van der Waals surface area contributed by atoms with E-state index in [-0.39, 0.29) is 5.91 Å². The molecule has 25 heavy (non-hydrogen) atoms. The van der Waals surface area contributed by atoms with Crippen molar-refractivity contribution in [2.75, 3.05) is 19.6 Å². The third-order valence-corrected chi connectivity index (χ3v) is 5.82. The van der Waals surface area contributed by atoms with E-state index >= 15 is 0 Å². The average Bonchev–Trinajstić information content (AvgIpc) is 3.10. The molecule has 2 aliphatic rings. The van der Waals surface area contributed by atoms with Crippen LogP contribution < -0.4 is 0 Å². The first-order chi connectivity index (χ1) is 11.8. The van der Waals surface area contributed by atoms with Crippen LogP contribution in [0, 0.1) is 6.92 Å². The quantitative estimate of drug-likeness (QED) is 0.838. The first-order valence-corrected chi connectivity index (χ1v) is 9.08. The molecule has 0 N–H and O–H groups in total. The highest BCUT2D eigenvalue weighted by molar-refractivity contribution is 7.11. The monoisotopic (exact) mass is 366 g/mol. The number of rotatable bonds is 3. The second-order valence-corrected chi connectivity index (χ2v) is 8.34. The van der Waals surface area contributed by atoms with Gasteiger partial charge in [-0.05, 0) is 19.1 Å². The third-order valence-electron chi connectivity index (χ3n) is 4.84.